The van der Waals surface area contributed by atoms with Gasteiger partial charge in [0.05, 0.1) is 12.1 Å². The fourth-order valence-corrected chi connectivity index (χ4v) is 0.748. The van der Waals surface area contributed by atoms with Crippen molar-refractivity contribution in [2.24, 2.45) is 0 Å². The molecule has 0 amide bonds. The monoisotopic (exact) mass is 152 g/mol. The van der Waals surface area contributed by atoms with Crippen molar-refractivity contribution >= 4 is 11.7 Å². The molecule has 1 rings (SSSR count). The summed E-state index contributed by atoms with van der Waals surface area (Å²) in [5, 5.41) is 8.38. The van der Waals surface area contributed by atoms with Crippen molar-refractivity contribution in [1.82, 2.24) is 4.98 Å². The Balaban J connectivity index is 2.79. The molecular formula is C7H8N2O2. The molecule has 0 aliphatic carbocycles. The van der Waals surface area contributed by atoms with Crippen LogP contribution < -0.4 is 5.73 Å². The van der Waals surface area contributed by atoms with E-state index in [0.717, 1.165) is 0 Å². The van der Waals surface area contributed by atoms with E-state index in [1.54, 1.807) is 12.1 Å². The highest BCUT2D eigenvalue weighted by Gasteiger charge is 2.00. The largest absolute Gasteiger partial charge is 0.481 e. The maximum Gasteiger partial charge on any atom is 0.309 e. The van der Waals surface area contributed by atoms with Gasteiger partial charge >= 0.3 is 5.97 Å². The number of nitrogen functional groups attached to an aromatic ring is 1. The first-order valence-corrected chi connectivity index (χ1v) is 3.10. The van der Waals surface area contributed by atoms with Gasteiger partial charge in [0, 0.05) is 11.9 Å². The smallest absolute Gasteiger partial charge is 0.309 e. The molecule has 0 spiro atoms. The second-order valence-corrected chi connectivity index (χ2v) is 2.15. The molecule has 0 bridgehead atoms. The van der Waals surface area contributed by atoms with E-state index in [-0.39, 0.29) is 6.42 Å². The number of anilines is 1. The summed E-state index contributed by atoms with van der Waals surface area (Å²) >= 11 is 0. The minimum atomic E-state index is -0.900. The lowest BCUT2D eigenvalue weighted by atomic mass is 10.2. The summed E-state index contributed by atoms with van der Waals surface area (Å²) in [6, 6.07) is 3.17. The third-order valence-corrected chi connectivity index (χ3v) is 1.17. The summed E-state index contributed by atoms with van der Waals surface area (Å²) in [6.07, 6.45) is 1.42. The number of rotatable bonds is 2. The van der Waals surface area contributed by atoms with E-state index in [4.69, 9.17) is 10.8 Å². The van der Waals surface area contributed by atoms with E-state index < -0.39 is 5.97 Å². The van der Waals surface area contributed by atoms with Crippen molar-refractivity contribution in [2.45, 2.75) is 6.42 Å². The summed E-state index contributed by atoms with van der Waals surface area (Å²) < 4.78 is 0. The SMILES string of the molecule is Nc1ccnc(CC(=O)O)c1. The molecule has 1 aromatic rings. The number of carbonyl (C=O) groups is 1. The molecule has 0 unspecified atom stereocenters. The minimum Gasteiger partial charge on any atom is -0.481 e. The number of aliphatic carboxylic acids is 1. The molecule has 1 heterocycles. The maximum absolute atomic E-state index is 10.2. The van der Waals surface area contributed by atoms with Gasteiger partial charge < -0.3 is 10.8 Å². The van der Waals surface area contributed by atoms with Crippen LogP contribution in [0.15, 0.2) is 18.3 Å². The number of nitrogens with two attached hydrogens (primary N) is 1. The number of carboxylic acid groups (broad SMARTS) is 1. The van der Waals surface area contributed by atoms with Crippen LogP contribution in [0.3, 0.4) is 0 Å². The molecule has 11 heavy (non-hydrogen) atoms. The van der Waals surface area contributed by atoms with Crippen LogP contribution in [-0.4, -0.2) is 16.1 Å². The summed E-state index contributed by atoms with van der Waals surface area (Å²) in [6.45, 7) is 0. The molecule has 0 radical (unpaired) electrons. The lowest BCUT2D eigenvalue weighted by molar-refractivity contribution is -0.136. The standard InChI is InChI=1S/C7H8N2O2/c8-5-1-2-9-6(3-5)4-7(10)11/h1-3H,4H2,(H2,8,9)(H,10,11). The van der Waals surface area contributed by atoms with Crippen LogP contribution in [0.2, 0.25) is 0 Å². The highest BCUT2D eigenvalue weighted by molar-refractivity contribution is 5.69. The number of pyridine rings is 1. The zero-order chi connectivity index (χ0) is 8.27. The Labute approximate surface area is 63.7 Å². The van der Waals surface area contributed by atoms with Gasteiger partial charge in [0.25, 0.3) is 0 Å². The third-order valence-electron chi connectivity index (χ3n) is 1.17. The van der Waals surface area contributed by atoms with Crippen molar-refractivity contribution in [1.29, 1.82) is 0 Å². The van der Waals surface area contributed by atoms with Crippen LogP contribution >= 0.6 is 0 Å². The molecule has 3 N–H and O–H groups in total. The number of hydrogen-bond acceptors (Lipinski definition) is 3. The molecule has 1 aromatic heterocycles. The zero-order valence-electron chi connectivity index (χ0n) is 5.82. The van der Waals surface area contributed by atoms with Gasteiger partial charge in [-0.3, -0.25) is 9.78 Å². The third kappa shape index (κ3) is 2.25. The lowest BCUT2D eigenvalue weighted by Gasteiger charge is -1.95. The average molecular weight is 152 g/mol. The Morgan fingerprint density at radius 2 is 2.45 bits per heavy atom. The highest BCUT2D eigenvalue weighted by Crippen LogP contribution is 2.02. The van der Waals surface area contributed by atoms with Crippen LogP contribution in [0, 0.1) is 0 Å². The Morgan fingerprint density at radius 3 is 3.00 bits per heavy atom. The summed E-state index contributed by atoms with van der Waals surface area (Å²) in [4.78, 5) is 14.0. The Hall–Kier alpha value is -1.58. The highest BCUT2D eigenvalue weighted by atomic mass is 16.4. The fraction of sp³-hybridized carbons (Fsp3) is 0.143. The molecule has 0 aliphatic rings. The predicted octanol–water partition coefficient (Wildman–Crippen LogP) is 0.291. The van der Waals surface area contributed by atoms with Gasteiger partial charge in [-0.25, -0.2) is 0 Å². The van der Waals surface area contributed by atoms with E-state index in [9.17, 15) is 4.79 Å². The van der Waals surface area contributed by atoms with E-state index in [0.29, 0.717) is 11.4 Å². The summed E-state index contributed by atoms with van der Waals surface area (Å²) in [5.41, 5.74) is 6.42. The topological polar surface area (TPSA) is 76.2 Å². The first-order chi connectivity index (χ1) is 5.18. The predicted molar refractivity (Wildman–Crippen MR) is 40.0 cm³/mol. The molecule has 0 fully saturated rings. The van der Waals surface area contributed by atoms with Gasteiger partial charge in [0.1, 0.15) is 0 Å². The average Bonchev–Trinajstić information content (AvgIpc) is 1.85. The van der Waals surface area contributed by atoms with Gasteiger partial charge in [-0.15, -0.1) is 0 Å². The summed E-state index contributed by atoms with van der Waals surface area (Å²) in [5.74, 6) is -0.900. The molecule has 0 aliphatic heterocycles. The number of nitrogens with zero attached hydrogens (tertiary/aromatic N) is 1. The van der Waals surface area contributed by atoms with Gasteiger partial charge in [0.2, 0.25) is 0 Å². The van der Waals surface area contributed by atoms with Gasteiger partial charge in [-0.05, 0) is 12.1 Å². The summed E-state index contributed by atoms with van der Waals surface area (Å²) in [7, 11) is 0. The Morgan fingerprint density at radius 1 is 1.73 bits per heavy atom. The first kappa shape index (κ1) is 7.53. The van der Waals surface area contributed by atoms with E-state index >= 15 is 0 Å². The van der Waals surface area contributed by atoms with Crippen molar-refractivity contribution in [2.75, 3.05) is 5.73 Å². The van der Waals surface area contributed by atoms with Crippen LogP contribution in [-0.2, 0) is 11.2 Å². The molecule has 0 saturated carbocycles. The van der Waals surface area contributed by atoms with Gasteiger partial charge in [-0.2, -0.15) is 0 Å². The number of hydrogen-bond donors (Lipinski definition) is 2. The Bertz CT molecular complexity index is 273. The second kappa shape index (κ2) is 3.01. The Kier molecular flexibility index (Phi) is 2.06. The maximum atomic E-state index is 10.2. The molecule has 4 nitrogen and oxygen atoms in total. The van der Waals surface area contributed by atoms with Gasteiger partial charge in [-0.1, -0.05) is 0 Å². The van der Waals surface area contributed by atoms with E-state index in [2.05, 4.69) is 4.98 Å². The van der Waals surface area contributed by atoms with Crippen molar-refractivity contribution in [3.63, 3.8) is 0 Å². The normalized spacial score (nSPS) is 9.45. The quantitative estimate of drug-likeness (QED) is 0.638. The van der Waals surface area contributed by atoms with Crippen molar-refractivity contribution in [3.05, 3.63) is 24.0 Å². The lowest BCUT2D eigenvalue weighted by Crippen LogP contribution is -2.02. The number of aromatic nitrogens is 1. The molecule has 0 atom stereocenters. The van der Waals surface area contributed by atoms with Crippen LogP contribution in [0.4, 0.5) is 5.69 Å². The molecule has 0 aromatic carbocycles. The molecular weight excluding hydrogens is 144 g/mol. The van der Waals surface area contributed by atoms with Crippen LogP contribution in [0.5, 0.6) is 0 Å². The van der Waals surface area contributed by atoms with Crippen LogP contribution in [0.25, 0.3) is 0 Å². The first-order valence-electron chi connectivity index (χ1n) is 3.10. The van der Waals surface area contributed by atoms with Crippen molar-refractivity contribution < 1.29 is 9.90 Å². The van der Waals surface area contributed by atoms with Crippen LogP contribution in [0.1, 0.15) is 5.69 Å². The molecule has 0 saturated heterocycles. The molecule has 4 heteroatoms. The fourth-order valence-electron chi connectivity index (χ4n) is 0.748. The van der Waals surface area contributed by atoms with Gasteiger partial charge in [0.15, 0.2) is 0 Å². The van der Waals surface area contributed by atoms with E-state index in [1.165, 1.54) is 6.20 Å². The second-order valence-electron chi connectivity index (χ2n) is 2.15. The number of carboxylic acids is 1. The van der Waals surface area contributed by atoms with E-state index in [1.807, 2.05) is 0 Å². The minimum absolute atomic E-state index is 0.0783. The van der Waals surface area contributed by atoms with Crippen molar-refractivity contribution in [3.8, 4) is 0 Å². The zero-order valence-corrected chi connectivity index (χ0v) is 5.82. The molecule has 58 valence electrons.